The van der Waals surface area contributed by atoms with Crippen molar-refractivity contribution in [3.05, 3.63) is 0 Å². The second-order valence-electron chi connectivity index (χ2n) is 6.93. The predicted octanol–water partition coefficient (Wildman–Crippen LogP) is 1.58. The third-order valence-corrected chi connectivity index (χ3v) is 7.17. The molecule has 2 rings (SSSR count). The minimum atomic E-state index is -2.89. The molecule has 0 saturated carbocycles. The van der Waals surface area contributed by atoms with Gasteiger partial charge < -0.3 is 10.2 Å². The van der Waals surface area contributed by atoms with Gasteiger partial charge in [-0.05, 0) is 45.6 Å². The smallest absolute Gasteiger partial charge is 0.224 e. The van der Waals surface area contributed by atoms with Gasteiger partial charge in [0, 0.05) is 19.1 Å². The number of rotatable bonds is 6. The summed E-state index contributed by atoms with van der Waals surface area (Å²) in [7, 11) is -2.89. The Morgan fingerprint density at radius 1 is 1.32 bits per heavy atom. The summed E-state index contributed by atoms with van der Waals surface area (Å²) in [5, 5.41) is 2.88. The summed E-state index contributed by atoms with van der Waals surface area (Å²) in [4.78, 5) is 14.5. The first-order chi connectivity index (χ1) is 10.4. The molecule has 2 aliphatic heterocycles. The molecule has 2 fully saturated rings. The van der Waals surface area contributed by atoms with Crippen LogP contribution in [0.2, 0.25) is 0 Å². The molecular weight excluding hydrogens is 300 g/mol. The van der Waals surface area contributed by atoms with E-state index in [9.17, 15) is 13.2 Å². The van der Waals surface area contributed by atoms with E-state index < -0.39 is 9.84 Å². The highest BCUT2D eigenvalue weighted by atomic mass is 32.2. The summed E-state index contributed by atoms with van der Waals surface area (Å²) < 4.78 is 23.9. The highest BCUT2D eigenvalue weighted by Gasteiger charge is 2.34. The Hall–Kier alpha value is -0.620. The maximum absolute atomic E-state index is 12.3. The van der Waals surface area contributed by atoms with Crippen LogP contribution in [0.4, 0.5) is 0 Å². The van der Waals surface area contributed by atoms with Crippen LogP contribution in [-0.2, 0) is 14.6 Å². The van der Waals surface area contributed by atoms with Gasteiger partial charge in [-0.3, -0.25) is 4.79 Å². The van der Waals surface area contributed by atoms with E-state index in [2.05, 4.69) is 17.1 Å². The van der Waals surface area contributed by atoms with E-state index in [1.807, 2.05) is 6.92 Å². The first kappa shape index (κ1) is 17.7. The molecule has 0 aromatic rings. The van der Waals surface area contributed by atoms with E-state index in [4.69, 9.17) is 0 Å². The first-order valence-electron chi connectivity index (χ1n) is 8.66. The van der Waals surface area contributed by atoms with E-state index in [0.29, 0.717) is 18.8 Å². The lowest BCUT2D eigenvalue weighted by Crippen LogP contribution is -2.47. The standard InChI is InChI=1S/C16H30N2O3S/c1-3-6-13(2)17-16(19)14-7-4-9-18(11-14)12-15-8-5-10-22(15,20)21/h13-15H,3-12H2,1-2H3,(H,17,19). The average Bonchev–Trinajstić information content (AvgIpc) is 2.78. The lowest BCUT2D eigenvalue weighted by atomic mass is 9.96. The van der Waals surface area contributed by atoms with Crippen LogP contribution in [-0.4, -0.2) is 55.9 Å². The zero-order valence-corrected chi connectivity index (χ0v) is 14.7. The van der Waals surface area contributed by atoms with Crippen molar-refractivity contribution in [1.29, 1.82) is 0 Å². The number of hydrogen-bond donors (Lipinski definition) is 1. The Morgan fingerprint density at radius 2 is 2.09 bits per heavy atom. The van der Waals surface area contributed by atoms with E-state index >= 15 is 0 Å². The number of carbonyl (C=O) groups excluding carboxylic acids is 1. The van der Waals surface area contributed by atoms with Crippen LogP contribution in [0.1, 0.15) is 52.4 Å². The van der Waals surface area contributed by atoms with Crippen LogP contribution in [0.3, 0.4) is 0 Å². The van der Waals surface area contributed by atoms with Crippen molar-refractivity contribution >= 4 is 15.7 Å². The van der Waals surface area contributed by atoms with Crippen molar-refractivity contribution in [2.45, 2.75) is 63.7 Å². The molecule has 22 heavy (non-hydrogen) atoms. The van der Waals surface area contributed by atoms with E-state index in [0.717, 1.165) is 45.1 Å². The molecular formula is C16H30N2O3S. The normalized spacial score (nSPS) is 30.1. The fraction of sp³-hybridized carbons (Fsp3) is 0.938. The van der Waals surface area contributed by atoms with Gasteiger partial charge in [0.1, 0.15) is 0 Å². The number of nitrogens with zero attached hydrogens (tertiary/aromatic N) is 1. The summed E-state index contributed by atoms with van der Waals surface area (Å²) in [6, 6.07) is 0.225. The molecule has 3 atom stereocenters. The first-order valence-corrected chi connectivity index (χ1v) is 10.4. The number of likely N-dealkylation sites (tertiary alicyclic amines) is 1. The molecule has 5 nitrogen and oxygen atoms in total. The maximum atomic E-state index is 12.3. The summed E-state index contributed by atoms with van der Waals surface area (Å²) in [5.41, 5.74) is 0. The molecule has 0 aliphatic carbocycles. The number of nitrogens with one attached hydrogen (secondary N) is 1. The van der Waals surface area contributed by atoms with Crippen LogP contribution >= 0.6 is 0 Å². The number of hydrogen-bond acceptors (Lipinski definition) is 4. The molecule has 0 spiro atoms. The molecule has 0 radical (unpaired) electrons. The van der Waals surface area contributed by atoms with Crippen molar-refractivity contribution in [2.24, 2.45) is 5.92 Å². The highest BCUT2D eigenvalue weighted by molar-refractivity contribution is 7.92. The number of amides is 1. The largest absolute Gasteiger partial charge is 0.353 e. The van der Waals surface area contributed by atoms with Gasteiger partial charge in [0.2, 0.25) is 5.91 Å². The fourth-order valence-corrected chi connectivity index (χ4v) is 5.52. The van der Waals surface area contributed by atoms with Crippen molar-refractivity contribution in [3.8, 4) is 0 Å². The minimum Gasteiger partial charge on any atom is -0.353 e. The Kier molecular flexibility index (Phi) is 6.26. The van der Waals surface area contributed by atoms with Gasteiger partial charge in [-0.2, -0.15) is 0 Å². The van der Waals surface area contributed by atoms with Crippen LogP contribution < -0.4 is 5.32 Å². The van der Waals surface area contributed by atoms with Gasteiger partial charge in [-0.25, -0.2) is 8.42 Å². The average molecular weight is 330 g/mol. The van der Waals surface area contributed by atoms with Gasteiger partial charge in [0.25, 0.3) is 0 Å². The van der Waals surface area contributed by atoms with Gasteiger partial charge in [0.05, 0.1) is 16.9 Å². The molecule has 2 saturated heterocycles. The number of carbonyl (C=O) groups is 1. The predicted molar refractivity (Wildman–Crippen MR) is 88.5 cm³/mol. The molecule has 0 aromatic heterocycles. The van der Waals surface area contributed by atoms with Crippen molar-refractivity contribution in [2.75, 3.05) is 25.4 Å². The molecule has 0 aromatic carbocycles. The Morgan fingerprint density at radius 3 is 2.73 bits per heavy atom. The quantitative estimate of drug-likeness (QED) is 0.803. The van der Waals surface area contributed by atoms with Gasteiger partial charge in [0.15, 0.2) is 9.84 Å². The summed E-state index contributed by atoms with van der Waals surface area (Å²) in [6.07, 6.45) is 5.54. The monoisotopic (exact) mass is 330 g/mol. The molecule has 128 valence electrons. The van der Waals surface area contributed by atoms with Gasteiger partial charge in [-0.15, -0.1) is 0 Å². The summed E-state index contributed by atoms with van der Waals surface area (Å²) in [5.74, 6) is 0.487. The van der Waals surface area contributed by atoms with Crippen molar-refractivity contribution in [1.82, 2.24) is 10.2 Å². The summed E-state index contributed by atoms with van der Waals surface area (Å²) in [6.45, 7) is 6.40. The van der Waals surface area contributed by atoms with E-state index in [-0.39, 0.29) is 23.1 Å². The van der Waals surface area contributed by atoms with Gasteiger partial charge >= 0.3 is 0 Å². The number of piperidine rings is 1. The molecule has 1 amide bonds. The lowest BCUT2D eigenvalue weighted by molar-refractivity contribution is -0.127. The molecule has 2 heterocycles. The van der Waals surface area contributed by atoms with Gasteiger partial charge in [-0.1, -0.05) is 13.3 Å². The molecule has 1 N–H and O–H groups in total. The van der Waals surface area contributed by atoms with Crippen LogP contribution in [0.25, 0.3) is 0 Å². The fourth-order valence-electron chi connectivity index (χ4n) is 3.65. The third kappa shape index (κ3) is 4.69. The Balaban J connectivity index is 1.85. The van der Waals surface area contributed by atoms with Crippen molar-refractivity contribution < 1.29 is 13.2 Å². The lowest BCUT2D eigenvalue weighted by Gasteiger charge is -2.33. The Labute approximate surface area is 134 Å². The molecule has 0 bridgehead atoms. The molecule has 2 aliphatic rings. The second-order valence-corrected chi connectivity index (χ2v) is 9.33. The topological polar surface area (TPSA) is 66.5 Å². The zero-order valence-electron chi connectivity index (χ0n) is 13.9. The highest BCUT2D eigenvalue weighted by Crippen LogP contribution is 2.24. The van der Waals surface area contributed by atoms with Crippen molar-refractivity contribution in [3.63, 3.8) is 0 Å². The maximum Gasteiger partial charge on any atom is 0.224 e. The van der Waals surface area contributed by atoms with E-state index in [1.165, 1.54) is 0 Å². The van der Waals surface area contributed by atoms with Crippen LogP contribution in [0.5, 0.6) is 0 Å². The molecule has 6 heteroatoms. The summed E-state index contributed by atoms with van der Waals surface area (Å²) >= 11 is 0. The second kappa shape index (κ2) is 7.77. The minimum absolute atomic E-state index is 0.0113. The molecule has 3 unspecified atom stereocenters. The van der Waals surface area contributed by atoms with Crippen LogP contribution in [0, 0.1) is 5.92 Å². The van der Waals surface area contributed by atoms with Crippen LogP contribution in [0.15, 0.2) is 0 Å². The Bertz CT molecular complexity index is 478. The number of sulfone groups is 1. The SMILES string of the molecule is CCCC(C)NC(=O)C1CCCN(CC2CCCS2(=O)=O)C1. The third-order valence-electron chi connectivity index (χ3n) is 4.91. The zero-order chi connectivity index (χ0) is 16.2. The van der Waals surface area contributed by atoms with E-state index in [1.54, 1.807) is 0 Å².